The van der Waals surface area contributed by atoms with Gasteiger partial charge in [-0.15, -0.1) is 0 Å². The number of nitrogens with zero attached hydrogens (tertiary/aromatic N) is 4. The van der Waals surface area contributed by atoms with Crippen molar-refractivity contribution in [2.24, 2.45) is 0 Å². The molecule has 10 heteroatoms. The van der Waals surface area contributed by atoms with Gasteiger partial charge in [-0.1, -0.05) is 0 Å². The molecular weight excluding hydrogens is 430 g/mol. The van der Waals surface area contributed by atoms with Crippen molar-refractivity contribution in [3.05, 3.63) is 52.4 Å². The summed E-state index contributed by atoms with van der Waals surface area (Å²) in [4.78, 5) is 22.3. The SMILES string of the molecule is C[C@@]1(O)CCC[C@H]1n1c(=O)c(CC#N)cc2cnc(Nc3ccc(S(C)(=O)=O)cc3)nc21. The molecule has 3 aromatic rings. The van der Waals surface area contributed by atoms with Crippen LogP contribution in [-0.4, -0.2) is 39.9 Å². The lowest BCUT2D eigenvalue weighted by Crippen LogP contribution is -2.38. The number of nitriles is 1. The van der Waals surface area contributed by atoms with Crippen molar-refractivity contribution in [3.8, 4) is 6.07 Å². The fourth-order valence-electron chi connectivity index (χ4n) is 4.19. The minimum Gasteiger partial charge on any atom is -0.388 e. The standard InChI is InChI=1S/C22H23N5O4S/c1-22(29)10-3-4-18(22)27-19-15(12-14(9-11-23)20(27)28)13-24-21(26-19)25-16-5-7-17(8-6-16)32(2,30)31/h5-8,12-13,18,29H,3-4,9-10H2,1-2H3,(H,24,25,26)/t18-,22-/m1/s1. The number of nitrogens with one attached hydrogen (secondary N) is 1. The van der Waals surface area contributed by atoms with Crippen molar-refractivity contribution >= 4 is 32.5 Å². The van der Waals surface area contributed by atoms with Gasteiger partial charge in [0, 0.05) is 29.1 Å². The summed E-state index contributed by atoms with van der Waals surface area (Å²) < 4.78 is 24.8. The average molecular weight is 454 g/mol. The van der Waals surface area contributed by atoms with Crippen LogP contribution in [0.1, 0.15) is 37.8 Å². The molecule has 2 N–H and O–H groups in total. The van der Waals surface area contributed by atoms with Crippen LogP contribution in [0.5, 0.6) is 0 Å². The van der Waals surface area contributed by atoms with Crippen LogP contribution in [0.2, 0.25) is 0 Å². The average Bonchev–Trinajstić information content (AvgIpc) is 3.07. The lowest BCUT2D eigenvalue weighted by atomic mass is 9.99. The summed E-state index contributed by atoms with van der Waals surface area (Å²) in [6.45, 7) is 1.71. The summed E-state index contributed by atoms with van der Waals surface area (Å²) in [6.07, 6.45) is 4.62. The van der Waals surface area contributed by atoms with Gasteiger partial charge < -0.3 is 10.4 Å². The van der Waals surface area contributed by atoms with Crippen LogP contribution in [0.25, 0.3) is 11.0 Å². The van der Waals surface area contributed by atoms with Gasteiger partial charge in [-0.25, -0.2) is 13.4 Å². The molecule has 0 aliphatic heterocycles. The highest BCUT2D eigenvalue weighted by Crippen LogP contribution is 2.39. The van der Waals surface area contributed by atoms with Crippen molar-refractivity contribution in [3.63, 3.8) is 0 Å². The van der Waals surface area contributed by atoms with Crippen molar-refractivity contribution in [2.75, 3.05) is 11.6 Å². The Bertz CT molecular complexity index is 1390. The maximum absolute atomic E-state index is 13.2. The Morgan fingerprint density at radius 2 is 2.06 bits per heavy atom. The second-order valence-corrected chi connectivity index (χ2v) is 10.4. The molecule has 0 amide bonds. The summed E-state index contributed by atoms with van der Waals surface area (Å²) in [5, 5.41) is 23.6. The molecule has 0 saturated heterocycles. The summed E-state index contributed by atoms with van der Waals surface area (Å²) in [6, 6.07) is 9.35. The second kappa shape index (κ2) is 8.00. The Morgan fingerprint density at radius 3 is 2.66 bits per heavy atom. The molecule has 32 heavy (non-hydrogen) atoms. The van der Waals surface area contributed by atoms with E-state index in [-0.39, 0.29) is 22.8 Å². The van der Waals surface area contributed by atoms with Crippen LogP contribution in [0, 0.1) is 11.3 Å². The van der Waals surface area contributed by atoms with E-state index in [1.165, 1.54) is 16.7 Å². The number of sulfone groups is 1. The Balaban J connectivity index is 1.81. The van der Waals surface area contributed by atoms with E-state index < -0.39 is 21.5 Å². The van der Waals surface area contributed by atoms with Gasteiger partial charge in [0.15, 0.2) is 9.84 Å². The molecule has 1 aromatic carbocycles. The fraction of sp³-hybridized carbons (Fsp3) is 0.364. The lowest BCUT2D eigenvalue weighted by molar-refractivity contribution is 0.0266. The van der Waals surface area contributed by atoms with Gasteiger partial charge in [0.1, 0.15) is 5.65 Å². The van der Waals surface area contributed by atoms with Gasteiger partial charge in [-0.3, -0.25) is 9.36 Å². The molecule has 0 unspecified atom stereocenters. The van der Waals surface area contributed by atoms with E-state index in [1.54, 1.807) is 31.3 Å². The van der Waals surface area contributed by atoms with Crippen LogP contribution in [-0.2, 0) is 16.3 Å². The van der Waals surface area contributed by atoms with Crippen LogP contribution < -0.4 is 10.9 Å². The predicted molar refractivity (Wildman–Crippen MR) is 119 cm³/mol. The molecule has 0 spiro atoms. The first kappa shape index (κ1) is 21.9. The van der Waals surface area contributed by atoms with Gasteiger partial charge in [0.2, 0.25) is 5.95 Å². The molecule has 4 rings (SSSR count). The van der Waals surface area contributed by atoms with Gasteiger partial charge in [-0.2, -0.15) is 10.2 Å². The third-order valence-electron chi connectivity index (χ3n) is 5.85. The molecule has 2 atom stereocenters. The molecule has 1 aliphatic carbocycles. The van der Waals surface area contributed by atoms with Crippen molar-refractivity contribution < 1.29 is 13.5 Å². The highest BCUT2D eigenvalue weighted by Gasteiger charge is 2.39. The number of benzene rings is 1. The van der Waals surface area contributed by atoms with Crippen molar-refractivity contribution in [1.29, 1.82) is 5.26 Å². The lowest BCUT2D eigenvalue weighted by Gasteiger charge is -2.28. The quantitative estimate of drug-likeness (QED) is 0.601. The highest BCUT2D eigenvalue weighted by atomic mass is 32.2. The van der Waals surface area contributed by atoms with Gasteiger partial charge >= 0.3 is 0 Å². The summed E-state index contributed by atoms with van der Waals surface area (Å²) >= 11 is 0. The number of pyridine rings is 1. The first-order valence-electron chi connectivity index (χ1n) is 10.2. The number of aliphatic hydroxyl groups is 1. The molecule has 9 nitrogen and oxygen atoms in total. The molecule has 2 heterocycles. The normalized spacial score (nSPS) is 20.9. The van der Waals surface area contributed by atoms with E-state index >= 15 is 0 Å². The topological polar surface area (TPSA) is 138 Å². The number of fused-ring (bicyclic) bond motifs is 1. The summed E-state index contributed by atoms with van der Waals surface area (Å²) in [7, 11) is -3.30. The van der Waals surface area contributed by atoms with Crippen LogP contribution >= 0.6 is 0 Å². The van der Waals surface area contributed by atoms with Crippen LogP contribution in [0.15, 0.2) is 46.2 Å². The molecule has 1 aliphatic rings. The predicted octanol–water partition coefficient (Wildman–Crippen LogP) is 2.48. The smallest absolute Gasteiger partial charge is 0.256 e. The van der Waals surface area contributed by atoms with E-state index in [2.05, 4.69) is 15.3 Å². The number of aromatic nitrogens is 3. The molecular formula is C22H23N5O4S. The fourth-order valence-corrected chi connectivity index (χ4v) is 4.82. The van der Waals surface area contributed by atoms with Crippen LogP contribution in [0.3, 0.4) is 0 Å². The minimum absolute atomic E-state index is 0.0453. The van der Waals surface area contributed by atoms with E-state index in [1.807, 2.05) is 6.07 Å². The monoisotopic (exact) mass is 453 g/mol. The van der Waals surface area contributed by atoms with Gasteiger partial charge in [0.05, 0.1) is 29.0 Å². The highest BCUT2D eigenvalue weighted by molar-refractivity contribution is 7.90. The van der Waals surface area contributed by atoms with Gasteiger partial charge in [-0.05, 0) is 56.5 Å². The second-order valence-electron chi connectivity index (χ2n) is 8.34. The van der Waals surface area contributed by atoms with E-state index in [9.17, 15) is 18.3 Å². The third kappa shape index (κ3) is 4.09. The number of anilines is 2. The number of hydrogen-bond donors (Lipinski definition) is 2. The maximum Gasteiger partial charge on any atom is 0.256 e. The Morgan fingerprint density at radius 1 is 1.34 bits per heavy atom. The third-order valence-corrected chi connectivity index (χ3v) is 6.97. The van der Waals surface area contributed by atoms with E-state index in [4.69, 9.17) is 5.26 Å². The largest absolute Gasteiger partial charge is 0.388 e. The molecule has 0 bridgehead atoms. The Kier molecular flexibility index (Phi) is 5.48. The zero-order valence-electron chi connectivity index (χ0n) is 17.7. The zero-order chi connectivity index (χ0) is 23.1. The first-order chi connectivity index (χ1) is 15.1. The Labute approximate surface area is 185 Å². The van der Waals surface area contributed by atoms with E-state index in [0.29, 0.717) is 35.1 Å². The molecule has 1 fully saturated rings. The minimum atomic E-state index is -3.30. The molecule has 1 saturated carbocycles. The zero-order valence-corrected chi connectivity index (χ0v) is 18.6. The van der Waals surface area contributed by atoms with Gasteiger partial charge in [0.25, 0.3) is 5.56 Å². The van der Waals surface area contributed by atoms with Crippen LogP contribution in [0.4, 0.5) is 11.6 Å². The number of hydrogen-bond acceptors (Lipinski definition) is 8. The van der Waals surface area contributed by atoms with E-state index in [0.717, 1.165) is 12.7 Å². The Hall–Kier alpha value is -3.29. The van der Waals surface area contributed by atoms with Crippen molar-refractivity contribution in [2.45, 2.75) is 49.1 Å². The summed E-state index contributed by atoms with van der Waals surface area (Å²) in [5.41, 5.74) is -0.118. The summed E-state index contributed by atoms with van der Waals surface area (Å²) in [5.74, 6) is 0.225. The molecule has 2 aromatic heterocycles. The maximum atomic E-state index is 13.2. The molecule has 166 valence electrons. The van der Waals surface area contributed by atoms with Crippen molar-refractivity contribution in [1.82, 2.24) is 14.5 Å². The number of rotatable bonds is 5. The molecule has 0 radical (unpaired) electrons. The first-order valence-corrected chi connectivity index (χ1v) is 12.1.